The summed E-state index contributed by atoms with van der Waals surface area (Å²) in [5, 5.41) is 2.85. The molecule has 118 valence electrons. The summed E-state index contributed by atoms with van der Waals surface area (Å²) >= 11 is 1.53. The fraction of sp³-hybridized carbons (Fsp3) is 0.188. The Morgan fingerprint density at radius 3 is 2.83 bits per heavy atom. The first kappa shape index (κ1) is 15.2. The van der Waals surface area contributed by atoms with E-state index in [2.05, 4.69) is 9.97 Å². The van der Waals surface area contributed by atoms with Gasteiger partial charge in [-0.25, -0.2) is 4.98 Å². The summed E-state index contributed by atoms with van der Waals surface area (Å²) in [7, 11) is 1.65. The maximum absolute atomic E-state index is 12.4. The Morgan fingerprint density at radius 2 is 2.22 bits per heavy atom. The molecule has 0 spiro atoms. The molecular formula is C16H15N3O3S. The van der Waals surface area contributed by atoms with Crippen LogP contribution in [-0.4, -0.2) is 27.8 Å². The highest BCUT2D eigenvalue weighted by molar-refractivity contribution is 7.09. The Bertz CT molecular complexity index is 880. The summed E-state index contributed by atoms with van der Waals surface area (Å²) in [5.41, 5.74) is 1.00. The molecule has 0 radical (unpaired) electrons. The molecule has 0 fully saturated rings. The molecule has 23 heavy (non-hydrogen) atoms. The molecule has 0 aromatic carbocycles. The summed E-state index contributed by atoms with van der Waals surface area (Å²) in [6.45, 7) is 2.27. The van der Waals surface area contributed by atoms with Gasteiger partial charge in [-0.05, 0) is 31.2 Å². The minimum Gasteiger partial charge on any atom is -0.463 e. The van der Waals surface area contributed by atoms with Gasteiger partial charge < -0.3 is 14.3 Å². The van der Waals surface area contributed by atoms with E-state index in [0.717, 1.165) is 10.7 Å². The van der Waals surface area contributed by atoms with Crippen molar-refractivity contribution in [2.75, 3.05) is 7.05 Å². The zero-order valence-electron chi connectivity index (χ0n) is 12.7. The number of amides is 1. The van der Waals surface area contributed by atoms with E-state index in [1.165, 1.54) is 28.6 Å². The highest BCUT2D eigenvalue weighted by Gasteiger charge is 2.17. The number of hydrogen-bond donors (Lipinski definition) is 1. The number of aromatic nitrogens is 2. The van der Waals surface area contributed by atoms with Gasteiger partial charge in [-0.3, -0.25) is 9.59 Å². The molecule has 0 bridgehead atoms. The number of aryl methyl sites for hydroxylation is 1. The average molecular weight is 329 g/mol. The van der Waals surface area contributed by atoms with Crippen molar-refractivity contribution in [3.8, 4) is 11.5 Å². The van der Waals surface area contributed by atoms with Crippen molar-refractivity contribution in [3.63, 3.8) is 0 Å². The van der Waals surface area contributed by atoms with Gasteiger partial charge in [0.15, 0.2) is 0 Å². The quantitative estimate of drug-likeness (QED) is 0.798. The molecule has 3 rings (SSSR count). The molecule has 0 unspecified atom stereocenters. The van der Waals surface area contributed by atoms with Gasteiger partial charge in [0.25, 0.3) is 11.5 Å². The van der Waals surface area contributed by atoms with Crippen molar-refractivity contribution in [1.29, 1.82) is 0 Å². The lowest BCUT2D eigenvalue weighted by molar-refractivity contribution is 0.0782. The van der Waals surface area contributed by atoms with E-state index in [-0.39, 0.29) is 11.5 Å². The lowest BCUT2D eigenvalue weighted by Crippen LogP contribution is -2.31. The van der Waals surface area contributed by atoms with Crippen LogP contribution in [0.1, 0.15) is 21.1 Å². The average Bonchev–Trinajstić information content (AvgIpc) is 3.18. The molecule has 3 heterocycles. The van der Waals surface area contributed by atoms with Gasteiger partial charge in [0.2, 0.25) is 0 Å². The maximum atomic E-state index is 12.4. The molecule has 3 aromatic rings. The summed E-state index contributed by atoms with van der Waals surface area (Å²) in [4.78, 5) is 33.1. The van der Waals surface area contributed by atoms with Gasteiger partial charge in [-0.1, -0.05) is 0 Å². The number of rotatable bonds is 4. The lowest BCUT2D eigenvalue weighted by atomic mass is 10.2. The SMILES string of the molecule is Cc1nc(CN(C)C(=O)c2ccc(-c3ccco3)[nH]c2=O)cs1. The second kappa shape index (κ2) is 6.21. The molecule has 0 aliphatic heterocycles. The van der Waals surface area contributed by atoms with Crippen molar-refractivity contribution in [1.82, 2.24) is 14.9 Å². The van der Waals surface area contributed by atoms with Crippen LogP contribution >= 0.6 is 11.3 Å². The minimum absolute atomic E-state index is 0.0924. The van der Waals surface area contributed by atoms with Gasteiger partial charge >= 0.3 is 0 Å². The highest BCUT2D eigenvalue weighted by atomic mass is 32.1. The fourth-order valence-electron chi connectivity index (χ4n) is 2.22. The largest absolute Gasteiger partial charge is 0.463 e. The third-order valence-corrected chi connectivity index (χ3v) is 4.16. The number of thiazole rings is 1. The number of aromatic amines is 1. The summed E-state index contributed by atoms with van der Waals surface area (Å²) in [5.74, 6) is 0.204. The molecule has 0 atom stereocenters. The van der Waals surface area contributed by atoms with E-state index in [9.17, 15) is 9.59 Å². The maximum Gasteiger partial charge on any atom is 0.261 e. The molecule has 1 N–H and O–H groups in total. The number of nitrogens with one attached hydrogen (secondary N) is 1. The lowest BCUT2D eigenvalue weighted by Gasteiger charge is -2.15. The first-order valence-corrected chi connectivity index (χ1v) is 7.86. The van der Waals surface area contributed by atoms with Crippen LogP contribution < -0.4 is 5.56 Å². The van der Waals surface area contributed by atoms with E-state index in [0.29, 0.717) is 18.0 Å². The summed E-state index contributed by atoms with van der Waals surface area (Å²) in [6.07, 6.45) is 1.52. The smallest absolute Gasteiger partial charge is 0.261 e. The Balaban J connectivity index is 1.80. The third kappa shape index (κ3) is 3.24. The first-order valence-electron chi connectivity index (χ1n) is 6.98. The first-order chi connectivity index (χ1) is 11.0. The Morgan fingerprint density at radius 1 is 1.39 bits per heavy atom. The van der Waals surface area contributed by atoms with Crippen molar-refractivity contribution >= 4 is 17.2 Å². The molecule has 0 aliphatic carbocycles. The van der Waals surface area contributed by atoms with Crippen molar-refractivity contribution < 1.29 is 9.21 Å². The van der Waals surface area contributed by atoms with Gasteiger partial charge in [-0.2, -0.15) is 0 Å². The number of H-pyrrole nitrogens is 1. The van der Waals surface area contributed by atoms with E-state index >= 15 is 0 Å². The van der Waals surface area contributed by atoms with E-state index in [4.69, 9.17) is 4.42 Å². The van der Waals surface area contributed by atoms with Crippen LogP contribution in [0.3, 0.4) is 0 Å². The number of hydrogen-bond acceptors (Lipinski definition) is 5. The number of nitrogens with zero attached hydrogens (tertiary/aromatic N) is 2. The van der Waals surface area contributed by atoms with Gasteiger partial charge in [-0.15, -0.1) is 11.3 Å². The zero-order chi connectivity index (χ0) is 16.4. The Labute approximate surface area is 136 Å². The predicted octanol–water partition coefficient (Wildman–Crippen LogP) is 2.67. The van der Waals surface area contributed by atoms with E-state index < -0.39 is 5.56 Å². The summed E-state index contributed by atoms with van der Waals surface area (Å²) < 4.78 is 5.23. The predicted molar refractivity (Wildman–Crippen MR) is 87.4 cm³/mol. The monoisotopic (exact) mass is 329 g/mol. The molecular weight excluding hydrogens is 314 g/mol. The van der Waals surface area contributed by atoms with Crippen LogP contribution in [0.15, 0.2) is 45.1 Å². The van der Waals surface area contributed by atoms with Gasteiger partial charge in [0.1, 0.15) is 11.3 Å². The molecule has 3 aromatic heterocycles. The van der Waals surface area contributed by atoms with Crippen molar-refractivity contribution in [3.05, 3.63) is 62.5 Å². The minimum atomic E-state index is -0.440. The molecule has 6 nitrogen and oxygen atoms in total. The van der Waals surface area contributed by atoms with E-state index in [1.807, 2.05) is 12.3 Å². The van der Waals surface area contributed by atoms with Crippen LogP contribution in [0.25, 0.3) is 11.5 Å². The zero-order valence-corrected chi connectivity index (χ0v) is 13.5. The molecule has 7 heteroatoms. The van der Waals surface area contributed by atoms with Crippen LogP contribution in [0.2, 0.25) is 0 Å². The van der Waals surface area contributed by atoms with Crippen LogP contribution in [0.5, 0.6) is 0 Å². The molecule has 0 aliphatic rings. The normalized spacial score (nSPS) is 10.7. The van der Waals surface area contributed by atoms with Crippen molar-refractivity contribution in [2.45, 2.75) is 13.5 Å². The van der Waals surface area contributed by atoms with Crippen LogP contribution in [-0.2, 0) is 6.54 Å². The molecule has 0 saturated heterocycles. The Kier molecular flexibility index (Phi) is 4.12. The fourth-order valence-corrected chi connectivity index (χ4v) is 2.82. The van der Waals surface area contributed by atoms with Gasteiger partial charge in [0.05, 0.1) is 29.2 Å². The number of furan rings is 1. The third-order valence-electron chi connectivity index (χ3n) is 3.34. The number of carbonyl (C=O) groups excluding carboxylic acids is 1. The second-order valence-electron chi connectivity index (χ2n) is 5.11. The van der Waals surface area contributed by atoms with E-state index in [1.54, 1.807) is 25.2 Å². The van der Waals surface area contributed by atoms with Crippen LogP contribution in [0, 0.1) is 6.92 Å². The molecule has 0 saturated carbocycles. The highest BCUT2D eigenvalue weighted by Crippen LogP contribution is 2.16. The number of carbonyl (C=O) groups is 1. The summed E-state index contributed by atoms with van der Waals surface area (Å²) in [6, 6.07) is 6.65. The van der Waals surface area contributed by atoms with Gasteiger partial charge in [0, 0.05) is 12.4 Å². The Hall–Kier alpha value is -2.67. The van der Waals surface area contributed by atoms with Crippen molar-refractivity contribution in [2.24, 2.45) is 0 Å². The topological polar surface area (TPSA) is 79.2 Å². The number of pyridine rings is 1. The molecule has 1 amide bonds. The second-order valence-corrected chi connectivity index (χ2v) is 6.17. The van der Waals surface area contributed by atoms with Crippen LogP contribution in [0.4, 0.5) is 0 Å². The standard InChI is InChI=1S/C16H15N3O3S/c1-10-17-11(9-23-10)8-19(2)16(21)12-5-6-13(18-15(12)20)14-4-3-7-22-14/h3-7,9H,8H2,1-2H3,(H,18,20).